The lowest BCUT2D eigenvalue weighted by Crippen LogP contribution is -2.28. The smallest absolute Gasteiger partial charge is 0.105 e. The van der Waals surface area contributed by atoms with Gasteiger partial charge >= 0.3 is 0 Å². The highest BCUT2D eigenvalue weighted by Crippen LogP contribution is 2.26. The van der Waals surface area contributed by atoms with Gasteiger partial charge in [0.25, 0.3) is 0 Å². The molecule has 0 aliphatic heterocycles. The first kappa shape index (κ1) is 11.6. The van der Waals surface area contributed by atoms with E-state index in [0.717, 1.165) is 16.5 Å². The lowest BCUT2D eigenvalue weighted by molar-refractivity contribution is 0.585. The second-order valence-electron chi connectivity index (χ2n) is 5.12. The van der Waals surface area contributed by atoms with Crippen LogP contribution in [0.3, 0.4) is 0 Å². The van der Waals surface area contributed by atoms with Crippen molar-refractivity contribution in [3.63, 3.8) is 0 Å². The topological polar surface area (TPSA) is 51.3 Å². The van der Waals surface area contributed by atoms with Gasteiger partial charge in [-0.2, -0.15) is 0 Å². The first-order valence-corrected chi connectivity index (χ1v) is 5.66. The summed E-state index contributed by atoms with van der Waals surface area (Å²) in [5.74, 6) is 0.633. The Morgan fingerprint density at radius 2 is 2.00 bits per heavy atom. The van der Waals surface area contributed by atoms with Gasteiger partial charge < -0.3 is 5.73 Å². The van der Waals surface area contributed by atoms with Gasteiger partial charge in [0, 0.05) is 23.2 Å². The van der Waals surface area contributed by atoms with E-state index >= 15 is 0 Å². The van der Waals surface area contributed by atoms with Crippen LogP contribution in [0.15, 0.2) is 41.7 Å². The highest BCUT2D eigenvalue weighted by Gasteiger charge is 2.15. The fraction of sp³-hybridized carbons (Fsp3) is 0.286. The summed E-state index contributed by atoms with van der Waals surface area (Å²) in [5.41, 5.74) is 6.76. The summed E-state index contributed by atoms with van der Waals surface area (Å²) >= 11 is 0. The second-order valence-corrected chi connectivity index (χ2v) is 5.12. The molecular weight excluding hydrogens is 210 g/mol. The van der Waals surface area contributed by atoms with E-state index in [1.807, 2.05) is 30.5 Å². The molecule has 2 rings (SSSR count). The van der Waals surface area contributed by atoms with Gasteiger partial charge in [-0.05, 0) is 17.5 Å². The van der Waals surface area contributed by atoms with Crippen molar-refractivity contribution in [3.8, 4) is 0 Å². The highest BCUT2D eigenvalue weighted by atomic mass is 14.9. The van der Waals surface area contributed by atoms with Crippen LogP contribution in [0.1, 0.15) is 20.8 Å². The van der Waals surface area contributed by atoms with E-state index in [0.29, 0.717) is 5.84 Å². The van der Waals surface area contributed by atoms with Crippen molar-refractivity contribution < 1.29 is 0 Å². The number of nitrogens with zero attached hydrogens (tertiary/aromatic N) is 2. The minimum Gasteiger partial charge on any atom is -0.387 e. The van der Waals surface area contributed by atoms with Crippen LogP contribution < -0.4 is 5.73 Å². The van der Waals surface area contributed by atoms with E-state index in [1.165, 1.54) is 0 Å². The molecule has 0 fully saturated rings. The molecule has 0 radical (unpaired) electrons. The van der Waals surface area contributed by atoms with E-state index in [1.54, 1.807) is 6.20 Å². The summed E-state index contributed by atoms with van der Waals surface area (Å²) in [6, 6.07) is 7.96. The normalized spacial score (nSPS) is 13.0. The molecule has 0 saturated carbocycles. The summed E-state index contributed by atoms with van der Waals surface area (Å²) < 4.78 is 0. The van der Waals surface area contributed by atoms with Crippen molar-refractivity contribution in [1.82, 2.24) is 4.98 Å². The maximum atomic E-state index is 6.00. The maximum absolute atomic E-state index is 6.00. The molecule has 0 unspecified atom stereocenters. The zero-order chi connectivity index (χ0) is 12.5. The van der Waals surface area contributed by atoms with Crippen molar-refractivity contribution in [2.45, 2.75) is 20.8 Å². The van der Waals surface area contributed by atoms with E-state index < -0.39 is 0 Å². The minimum absolute atomic E-state index is 0.121. The molecule has 0 saturated heterocycles. The van der Waals surface area contributed by atoms with Crippen molar-refractivity contribution in [2.24, 2.45) is 16.1 Å². The summed E-state index contributed by atoms with van der Waals surface area (Å²) in [6.45, 7) is 6.15. The summed E-state index contributed by atoms with van der Waals surface area (Å²) in [4.78, 5) is 8.65. The monoisotopic (exact) mass is 227 g/mol. The van der Waals surface area contributed by atoms with Crippen LogP contribution in [-0.4, -0.2) is 10.8 Å². The van der Waals surface area contributed by atoms with Crippen LogP contribution in [0.25, 0.3) is 10.8 Å². The third-order valence-corrected chi connectivity index (χ3v) is 2.67. The molecule has 1 aromatic carbocycles. The molecule has 1 heterocycles. The molecule has 2 N–H and O–H groups in total. The van der Waals surface area contributed by atoms with Crippen molar-refractivity contribution in [1.29, 1.82) is 0 Å². The Morgan fingerprint density at radius 3 is 2.71 bits per heavy atom. The molecule has 0 atom stereocenters. The number of amidine groups is 1. The van der Waals surface area contributed by atoms with Crippen LogP contribution in [0.5, 0.6) is 0 Å². The second kappa shape index (κ2) is 4.17. The van der Waals surface area contributed by atoms with Gasteiger partial charge in [-0.3, -0.25) is 4.98 Å². The van der Waals surface area contributed by atoms with Gasteiger partial charge in [0.15, 0.2) is 0 Å². The molecule has 3 nitrogen and oxygen atoms in total. The van der Waals surface area contributed by atoms with Crippen LogP contribution in [0.2, 0.25) is 0 Å². The molecule has 17 heavy (non-hydrogen) atoms. The summed E-state index contributed by atoms with van der Waals surface area (Å²) in [6.07, 6.45) is 3.60. The van der Waals surface area contributed by atoms with E-state index in [4.69, 9.17) is 5.73 Å². The van der Waals surface area contributed by atoms with Gasteiger partial charge in [0.2, 0.25) is 0 Å². The molecule has 0 aliphatic rings. The minimum atomic E-state index is -0.121. The van der Waals surface area contributed by atoms with Crippen LogP contribution in [0.4, 0.5) is 5.69 Å². The van der Waals surface area contributed by atoms with Crippen LogP contribution in [0, 0.1) is 5.41 Å². The number of fused-ring (bicyclic) bond motifs is 1. The zero-order valence-electron chi connectivity index (χ0n) is 10.4. The Balaban J connectivity index is 2.57. The van der Waals surface area contributed by atoms with Crippen molar-refractivity contribution in [2.75, 3.05) is 0 Å². The number of hydrogen-bond acceptors (Lipinski definition) is 2. The van der Waals surface area contributed by atoms with Crippen LogP contribution >= 0.6 is 0 Å². The third kappa shape index (κ3) is 2.44. The number of benzene rings is 1. The maximum Gasteiger partial charge on any atom is 0.105 e. The Hall–Kier alpha value is -1.90. The van der Waals surface area contributed by atoms with E-state index in [2.05, 4.69) is 30.7 Å². The highest BCUT2D eigenvalue weighted by molar-refractivity contribution is 5.96. The summed E-state index contributed by atoms with van der Waals surface area (Å²) in [7, 11) is 0. The van der Waals surface area contributed by atoms with E-state index in [9.17, 15) is 0 Å². The van der Waals surface area contributed by atoms with Gasteiger partial charge in [-0.15, -0.1) is 0 Å². The van der Waals surface area contributed by atoms with Gasteiger partial charge in [-0.25, -0.2) is 4.99 Å². The van der Waals surface area contributed by atoms with Gasteiger partial charge in [-0.1, -0.05) is 32.9 Å². The number of hydrogen-bond donors (Lipinski definition) is 1. The third-order valence-electron chi connectivity index (χ3n) is 2.67. The average molecular weight is 227 g/mol. The SMILES string of the molecule is CC(C)(C)C(N)=Nc1cccc2ccncc12. The number of pyridine rings is 1. The molecule has 0 bridgehead atoms. The molecular formula is C14H17N3. The van der Waals surface area contributed by atoms with E-state index in [-0.39, 0.29) is 5.41 Å². The summed E-state index contributed by atoms with van der Waals surface area (Å²) in [5, 5.41) is 2.16. The molecule has 1 aromatic heterocycles. The van der Waals surface area contributed by atoms with Gasteiger partial charge in [0.05, 0.1) is 5.69 Å². The first-order valence-electron chi connectivity index (χ1n) is 5.66. The molecule has 88 valence electrons. The number of aromatic nitrogens is 1. The predicted molar refractivity (Wildman–Crippen MR) is 72.5 cm³/mol. The molecule has 0 aliphatic carbocycles. The quantitative estimate of drug-likeness (QED) is 0.600. The molecule has 2 aromatic rings. The Bertz CT molecular complexity index is 560. The van der Waals surface area contributed by atoms with Crippen molar-refractivity contribution in [3.05, 3.63) is 36.7 Å². The lowest BCUT2D eigenvalue weighted by Gasteiger charge is -2.17. The lowest BCUT2D eigenvalue weighted by atomic mass is 9.95. The Kier molecular flexibility index (Phi) is 2.84. The largest absolute Gasteiger partial charge is 0.387 e. The molecule has 0 amide bonds. The zero-order valence-corrected chi connectivity index (χ0v) is 10.4. The first-order chi connectivity index (χ1) is 7.98. The molecule has 3 heteroatoms. The fourth-order valence-corrected chi connectivity index (χ4v) is 1.49. The Labute approximate surface area is 101 Å². The standard InChI is InChI=1S/C14H17N3/c1-14(2,3)13(15)17-12-6-4-5-10-7-8-16-9-11(10)12/h4-9H,1-3H3,(H2,15,17). The van der Waals surface area contributed by atoms with Gasteiger partial charge in [0.1, 0.15) is 5.84 Å². The molecule has 0 spiro atoms. The van der Waals surface area contributed by atoms with Crippen LogP contribution in [-0.2, 0) is 0 Å². The number of rotatable bonds is 1. The fourth-order valence-electron chi connectivity index (χ4n) is 1.49. The average Bonchev–Trinajstić information content (AvgIpc) is 2.28. The predicted octanol–water partition coefficient (Wildman–Crippen LogP) is 3.27. The Morgan fingerprint density at radius 1 is 1.24 bits per heavy atom. The number of aliphatic imine (C=N–C) groups is 1. The number of nitrogens with two attached hydrogens (primary N) is 1. The van der Waals surface area contributed by atoms with Crippen molar-refractivity contribution >= 4 is 22.3 Å².